The molecule has 0 unspecified atom stereocenters. The molecule has 0 aliphatic rings. The summed E-state index contributed by atoms with van der Waals surface area (Å²) >= 11 is 6.25. The summed E-state index contributed by atoms with van der Waals surface area (Å²) < 4.78 is 12.3. The molecular formula is C7H3Br2FNZn. The van der Waals surface area contributed by atoms with E-state index in [0.717, 1.165) is 0 Å². The molecule has 0 aromatic heterocycles. The van der Waals surface area contributed by atoms with Gasteiger partial charge in [-0.2, -0.15) is 5.26 Å². The van der Waals surface area contributed by atoms with Gasteiger partial charge in [0, 0.05) is 0 Å². The number of hydrogen-bond donors (Lipinski definition) is 0. The van der Waals surface area contributed by atoms with Gasteiger partial charge in [-0.3, -0.25) is 0 Å². The van der Waals surface area contributed by atoms with Gasteiger partial charge < -0.3 is 0 Å². The Balaban J connectivity index is 0.000000354. The van der Waals surface area contributed by atoms with Crippen molar-refractivity contribution in [1.82, 2.24) is 0 Å². The Labute approximate surface area is 91.3 Å². The van der Waals surface area contributed by atoms with Gasteiger partial charge in [-0.15, -0.1) is 0 Å². The van der Waals surface area contributed by atoms with Gasteiger partial charge in [-0.05, 0) is 18.2 Å². The van der Waals surface area contributed by atoms with Crippen molar-refractivity contribution in [3.8, 4) is 6.07 Å². The Morgan fingerprint density at radius 1 is 1.58 bits per heavy atom. The summed E-state index contributed by atoms with van der Waals surface area (Å²) in [6.45, 7) is 0. The molecule has 0 spiro atoms. The van der Waals surface area contributed by atoms with Gasteiger partial charge in [0.25, 0.3) is 0 Å². The Hall–Kier alpha value is 0.223. The normalized spacial score (nSPS) is 7.17. The van der Waals surface area contributed by atoms with Crippen molar-refractivity contribution in [3.63, 3.8) is 0 Å². The van der Waals surface area contributed by atoms with E-state index in [4.69, 9.17) is 5.26 Å². The minimum absolute atomic E-state index is 0.0394. The van der Waals surface area contributed by atoms with E-state index in [0.29, 0.717) is 0 Å². The third-order valence-electron chi connectivity index (χ3n) is 0.931. The molecule has 0 bridgehead atoms. The van der Waals surface area contributed by atoms with E-state index in [1.807, 2.05) is 0 Å². The molecule has 0 fully saturated rings. The molecule has 0 saturated heterocycles. The van der Waals surface area contributed by atoms with Crippen LogP contribution in [0.3, 0.4) is 0 Å². The van der Waals surface area contributed by atoms with Crippen molar-refractivity contribution >= 4 is 27.2 Å². The van der Waals surface area contributed by atoms with Crippen LogP contribution in [0.5, 0.6) is 0 Å². The SMILES string of the molecule is N#Cc1c[c]ccc1F.[Br][Zn][Br]. The first-order valence-electron chi connectivity index (χ1n) is 2.94. The van der Waals surface area contributed by atoms with Crippen LogP contribution in [0.15, 0.2) is 18.2 Å². The predicted octanol–water partition coefficient (Wildman–Crippen LogP) is 3.19. The average molecular weight is 345 g/mol. The van der Waals surface area contributed by atoms with Crippen molar-refractivity contribution in [3.05, 3.63) is 35.6 Å². The van der Waals surface area contributed by atoms with Crippen LogP contribution < -0.4 is 0 Å². The third-order valence-corrected chi connectivity index (χ3v) is 0.931. The van der Waals surface area contributed by atoms with Crippen molar-refractivity contribution in [1.29, 1.82) is 5.26 Å². The van der Waals surface area contributed by atoms with Gasteiger partial charge in [-0.1, -0.05) is 6.07 Å². The van der Waals surface area contributed by atoms with Crippen molar-refractivity contribution in [2.45, 2.75) is 0 Å². The van der Waals surface area contributed by atoms with Crippen LogP contribution in [-0.2, 0) is 13.2 Å². The van der Waals surface area contributed by atoms with Crippen LogP contribution in [0, 0.1) is 23.2 Å². The van der Waals surface area contributed by atoms with E-state index in [2.05, 4.69) is 33.3 Å². The van der Waals surface area contributed by atoms with E-state index in [1.165, 1.54) is 18.2 Å². The Morgan fingerprint density at radius 2 is 2.17 bits per heavy atom. The van der Waals surface area contributed by atoms with Crippen molar-refractivity contribution in [2.75, 3.05) is 0 Å². The molecule has 0 saturated carbocycles. The molecule has 0 amide bonds. The molecule has 0 heterocycles. The summed E-state index contributed by atoms with van der Waals surface area (Å²) in [6, 6.07) is 8.23. The molecule has 0 atom stereocenters. The Bertz CT molecular complexity index is 274. The first-order valence-corrected chi connectivity index (χ1v) is 16.8. The summed E-state index contributed by atoms with van der Waals surface area (Å²) in [7, 11) is 0. The fourth-order valence-corrected chi connectivity index (χ4v) is 0.497. The summed E-state index contributed by atoms with van der Waals surface area (Å²) in [6.07, 6.45) is 0. The van der Waals surface area contributed by atoms with E-state index < -0.39 is 5.82 Å². The maximum atomic E-state index is 12.3. The van der Waals surface area contributed by atoms with Crippen LogP contribution in [-0.4, -0.2) is 0 Å². The Kier molecular flexibility index (Phi) is 8.00. The standard InChI is InChI=1S/C7H3FN.2BrH.Zn/c8-7-4-2-1-3-6(7)5-9;;;/h2-4H;2*1H;/q;;;+2/p-2. The second-order valence-corrected chi connectivity index (χ2v) is 15.7. The molecule has 1 nitrogen and oxygen atoms in total. The quantitative estimate of drug-likeness (QED) is 0.663. The zero-order valence-corrected chi connectivity index (χ0v) is 12.2. The van der Waals surface area contributed by atoms with Crippen molar-refractivity contribution < 1.29 is 17.6 Å². The predicted molar refractivity (Wildman–Crippen MR) is 47.8 cm³/mol. The number of nitriles is 1. The first kappa shape index (κ1) is 12.2. The molecular weight excluding hydrogens is 342 g/mol. The molecule has 0 aliphatic heterocycles. The van der Waals surface area contributed by atoms with Crippen LogP contribution in [0.2, 0.25) is 0 Å². The molecule has 1 aromatic carbocycles. The van der Waals surface area contributed by atoms with Gasteiger partial charge in [0.1, 0.15) is 11.9 Å². The summed E-state index contributed by atoms with van der Waals surface area (Å²) in [5.41, 5.74) is 0.0394. The van der Waals surface area contributed by atoms with Gasteiger partial charge in [0.2, 0.25) is 0 Å². The zero-order chi connectivity index (χ0) is 9.40. The molecule has 1 radical (unpaired) electrons. The van der Waals surface area contributed by atoms with Gasteiger partial charge in [0.15, 0.2) is 0 Å². The molecule has 12 heavy (non-hydrogen) atoms. The van der Waals surface area contributed by atoms with Gasteiger partial charge in [-0.25, -0.2) is 4.39 Å². The molecule has 0 aliphatic carbocycles. The fraction of sp³-hybridized carbons (Fsp3) is 0. The van der Waals surface area contributed by atoms with E-state index in [1.54, 1.807) is 6.07 Å². The third kappa shape index (κ3) is 4.97. The van der Waals surface area contributed by atoms with E-state index in [-0.39, 0.29) is 18.8 Å². The molecule has 0 N–H and O–H groups in total. The summed E-state index contributed by atoms with van der Waals surface area (Å²) in [4.78, 5) is 0. The number of benzene rings is 1. The monoisotopic (exact) mass is 342 g/mol. The first-order chi connectivity index (χ1) is 5.76. The summed E-state index contributed by atoms with van der Waals surface area (Å²) in [5, 5.41) is 8.21. The van der Waals surface area contributed by atoms with Crippen LogP contribution in [0.25, 0.3) is 0 Å². The Morgan fingerprint density at radius 3 is 2.50 bits per heavy atom. The number of hydrogen-bond acceptors (Lipinski definition) is 1. The summed E-state index contributed by atoms with van der Waals surface area (Å²) in [5.74, 6) is -0.490. The number of nitrogens with zero attached hydrogens (tertiary/aromatic N) is 1. The second-order valence-electron chi connectivity index (χ2n) is 1.62. The van der Waals surface area contributed by atoms with Crippen molar-refractivity contribution in [2.24, 2.45) is 0 Å². The van der Waals surface area contributed by atoms with E-state index >= 15 is 0 Å². The molecule has 59 valence electrons. The van der Waals surface area contributed by atoms with Gasteiger partial charge in [0.05, 0.1) is 5.56 Å². The number of halogens is 3. The van der Waals surface area contributed by atoms with Gasteiger partial charge >= 0.3 is 40.5 Å². The van der Waals surface area contributed by atoms with Crippen LogP contribution >= 0.6 is 27.2 Å². The molecule has 1 aromatic rings. The van der Waals surface area contributed by atoms with Crippen LogP contribution in [0.4, 0.5) is 4.39 Å². The fourth-order valence-electron chi connectivity index (χ4n) is 0.497. The number of rotatable bonds is 0. The molecule has 1 rings (SSSR count). The average Bonchev–Trinajstić information content (AvgIpc) is 2.07. The zero-order valence-electron chi connectivity index (χ0n) is 6.02. The topological polar surface area (TPSA) is 23.8 Å². The maximum absolute atomic E-state index is 12.3. The second kappa shape index (κ2) is 7.85. The molecule has 5 heteroatoms. The van der Waals surface area contributed by atoms with Crippen LogP contribution in [0.1, 0.15) is 5.56 Å². The minimum atomic E-state index is -0.490. The van der Waals surface area contributed by atoms with E-state index in [9.17, 15) is 4.39 Å².